The Morgan fingerprint density at radius 3 is 2.19 bits per heavy atom. The van der Waals surface area contributed by atoms with Gasteiger partial charge in [0.1, 0.15) is 0 Å². The zero-order valence-corrected chi connectivity index (χ0v) is 9.81. The molecule has 0 saturated carbocycles. The molecule has 2 rings (SSSR count). The highest BCUT2D eigenvalue weighted by atomic mass is 14.1. The van der Waals surface area contributed by atoms with Crippen LogP contribution in [0.3, 0.4) is 0 Å². The minimum Gasteiger partial charge on any atom is -0.103 e. The number of allylic oxidation sites excluding steroid dienone is 3. The van der Waals surface area contributed by atoms with Crippen LogP contribution in [0.5, 0.6) is 0 Å². The van der Waals surface area contributed by atoms with Gasteiger partial charge in [-0.15, -0.1) is 6.58 Å². The van der Waals surface area contributed by atoms with Gasteiger partial charge >= 0.3 is 0 Å². The largest absolute Gasteiger partial charge is 0.103 e. The Bertz CT molecular complexity index is 332. The predicted molar refractivity (Wildman–Crippen MR) is 73.2 cm³/mol. The maximum atomic E-state index is 3.75. The highest BCUT2D eigenvalue weighted by Crippen LogP contribution is 2.17. The summed E-state index contributed by atoms with van der Waals surface area (Å²) >= 11 is 0. The Morgan fingerprint density at radius 2 is 1.81 bits per heavy atom. The Balaban J connectivity index is 0.000000160. The van der Waals surface area contributed by atoms with E-state index in [1.165, 1.54) is 24.8 Å². The van der Waals surface area contributed by atoms with Crippen LogP contribution in [0.1, 0.15) is 24.8 Å². The zero-order chi connectivity index (χ0) is 11.6. The van der Waals surface area contributed by atoms with Gasteiger partial charge in [-0.25, -0.2) is 0 Å². The van der Waals surface area contributed by atoms with Crippen LogP contribution in [0.25, 0.3) is 6.08 Å². The van der Waals surface area contributed by atoms with Crippen LogP contribution >= 0.6 is 0 Å². The normalized spacial score (nSPS) is 18.1. The lowest BCUT2D eigenvalue weighted by Crippen LogP contribution is -1.96. The fourth-order valence-electron chi connectivity index (χ4n) is 1.62. The van der Waals surface area contributed by atoms with E-state index in [2.05, 4.69) is 31.4 Å². The van der Waals surface area contributed by atoms with Crippen LogP contribution in [0.4, 0.5) is 0 Å². The second-order valence-corrected chi connectivity index (χ2v) is 3.90. The Labute approximate surface area is 99.0 Å². The van der Waals surface area contributed by atoms with Gasteiger partial charge in [-0.1, -0.05) is 61.2 Å². The summed E-state index contributed by atoms with van der Waals surface area (Å²) in [5.74, 6) is 0.764. The van der Waals surface area contributed by atoms with Crippen LogP contribution in [-0.2, 0) is 0 Å². The molecule has 1 aromatic rings. The molecule has 0 aromatic heterocycles. The quantitative estimate of drug-likeness (QED) is 0.614. The van der Waals surface area contributed by atoms with Gasteiger partial charge in [0.2, 0.25) is 0 Å². The third-order valence-electron chi connectivity index (χ3n) is 2.68. The van der Waals surface area contributed by atoms with Crippen molar-refractivity contribution in [2.45, 2.75) is 19.3 Å². The van der Waals surface area contributed by atoms with Gasteiger partial charge in [0, 0.05) is 0 Å². The monoisotopic (exact) mass is 212 g/mol. The molecule has 84 valence electrons. The lowest BCUT2D eigenvalue weighted by atomic mass is 9.95. The summed E-state index contributed by atoms with van der Waals surface area (Å²) in [6.45, 7) is 7.38. The Hall–Kier alpha value is -1.56. The van der Waals surface area contributed by atoms with Crippen molar-refractivity contribution in [3.05, 3.63) is 67.3 Å². The van der Waals surface area contributed by atoms with Crippen molar-refractivity contribution in [1.29, 1.82) is 0 Å². The molecule has 0 aliphatic heterocycles. The average Bonchev–Trinajstić information content (AvgIpc) is 2.41. The van der Waals surface area contributed by atoms with E-state index in [-0.39, 0.29) is 0 Å². The molecule has 1 aliphatic carbocycles. The molecule has 0 spiro atoms. The van der Waals surface area contributed by atoms with Crippen molar-refractivity contribution >= 4 is 6.08 Å². The molecule has 1 aromatic carbocycles. The summed E-state index contributed by atoms with van der Waals surface area (Å²) in [5.41, 5.74) is 1.17. The van der Waals surface area contributed by atoms with Gasteiger partial charge in [0.05, 0.1) is 0 Å². The predicted octanol–water partition coefficient (Wildman–Crippen LogP) is 4.86. The molecular weight excluding hydrogens is 192 g/mol. The highest BCUT2D eigenvalue weighted by molar-refractivity contribution is 5.45. The van der Waals surface area contributed by atoms with Gasteiger partial charge in [0.25, 0.3) is 0 Å². The Morgan fingerprint density at radius 1 is 1.06 bits per heavy atom. The molecule has 0 radical (unpaired) electrons. The third kappa shape index (κ3) is 4.79. The van der Waals surface area contributed by atoms with E-state index in [0.717, 1.165) is 5.92 Å². The van der Waals surface area contributed by atoms with E-state index in [4.69, 9.17) is 0 Å². The molecule has 1 aliphatic rings. The van der Waals surface area contributed by atoms with Crippen molar-refractivity contribution in [3.63, 3.8) is 0 Å². The van der Waals surface area contributed by atoms with Gasteiger partial charge in [-0.2, -0.15) is 0 Å². The third-order valence-corrected chi connectivity index (χ3v) is 2.68. The van der Waals surface area contributed by atoms with Crippen LogP contribution < -0.4 is 0 Å². The van der Waals surface area contributed by atoms with E-state index in [1.807, 2.05) is 36.4 Å². The molecule has 16 heavy (non-hydrogen) atoms. The molecule has 1 atom stereocenters. The number of hydrogen-bond acceptors (Lipinski definition) is 0. The van der Waals surface area contributed by atoms with Crippen molar-refractivity contribution in [2.75, 3.05) is 0 Å². The lowest BCUT2D eigenvalue weighted by molar-refractivity contribution is 0.585. The molecule has 0 fully saturated rings. The van der Waals surface area contributed by atoms with Crippen LogP contribution in [0, 0.1) is 5.92 Å². The smallest absolute Gasteiger partial charge is 0.0199 e. The maximum Gasteiger partial charge on any atom is -0.0199 e. The minimum atomic E-state index is 0.764. The Kier molecular flexibility index (Phi) is 6.02. The van der Waals surface area contributed by atoms with Crippen molar-refractivity contribution in [3.8, 4) is 0 Å². The molecular formula is C16H20. The van der Waals surface area contributed by atoms with Gasteiger partial charge in [0.15, 0.2) is 0 Å². The van der Waals surface area contributed by atoms with E-state index in [1.54, 1.807) is 0 Å². The first-order valence-electron chi connectivity index (χ1n) is 5.82. The second kappa shape index (κ2) is 7.70. The minimum absolute atomic E-state index is 0.764. The summed E-state index contributed by atoms with van der Waals surface area (Å²) in [6, 6.07) is 10.0. The average molecular weight is 212 g/mol. The number of hydrogen-bond donors (Lipinski definition) is 0. The van der Waals surface area contributed by atoms with E-state index < -0.39 is 0 Å². The molecule has 0 nitrogen and oxygen atoms in total. The molecule has 0 N–H and O–H groups in total. The summed E-state index contributed by atoms with van der Waals surface area (Å²) in [6.07, 6.45) is 12.2. The topological polar surface area (TPSA) is 0 Å². The fraction of sp³-hybridized carbons (Fsp3) is 0.250. The molecule has 0 bridgehead atoms. The summed E-state index contributed by atoms with van der Waals surface area (Å²) < 4.78 is 0. The maximum absolute atomic E-state index is 3.75. The molecule has 0 amide bonds. The molecule has 0 heteroatoms. The zero-order valence-electron chi connectivity index (χ0n) is 9.81. The fourth-order valence-corrected chi connectivity index (χ4v) is 1.62. The molecule has 0 saturated heterocycles. The van der Waals surface area contributed by atoms with Crippen LogP contribution in [0.15, 0.2) is 61.7 Å². The summed E-state index contributed by atoms with van der Waals surface area (Å²) in [5, 5.41) is 0. The van der Waals surface area contributed by atoms with Crippen molar-refractivity contribution < 1.29 is 0 Å². The second-order valence-electron chi connectivity index (χ2n) is 3.90. The van der Waals surface area contributed by atoms with Crippen molar-refractivity contribution in [1.82, 2.24) is 0 Å². The van der Waals surface area contributed by atoms with Crippen molar-refractivity contribution in [2.24, 2.45) is 5.92 Å². The van der Waals surface area contributed by atoms with E-state index in [9.17, 15) is 0 Å². The van der Waals surface area contributed by atoms with E-state index in [0.29, 0.717) is 0 Å². The van der Waals surface area contributed by atoms with E-state index >= 15 is 0 Å². The first kappa shape index (κ1) is 12.5. The van der Waals surface area contributed by atoms with Crippen LogP contribution in [0.2, 0.25) is 0 Å². The summed E-state index contributed by atoms with van der Waals surface area (Å²) in [4.78, 5) is 0. The summed E-state index contributed by atoms with van der Waals surface area (Å²) in [7, 11) is 0. The number of rotatable bonds is 2. The first-order valence-corrected chi connectivity index (χ1v) is 5.82. The molecule has 1 unspecified atom stereocenters. The standard InChI is InChI=1S/C8H12.C8H8/c2*1-2-8-6-4-3-5-7-8/h2-4,8H,1,5-7H2;2-7H,1H2. The first-order chi connectivity index (χ1) is 7.86. The highest BCUT2D eigenvalue weighted by Gasteiger charge is 2.02. The molecule has 0 heterocycles. The lowest BCUT2D eigenvalue weighted by Gasteiger charge is -2.11. The van der Waals surface area contributed by atoms with Gasteiger partial charge in [-0.3, -0.25) is 0 Å². The number of benzene rings is 1. The van der Waals surface area contributed by atoms with Gasteiger partial charge in [-0.05, 0) is 30.7 Å². The van der Waals surface area contributed by atoms with Gasteiger partial charge < -0.3 is 0 Å². The van der Waals surface area contributed by atoms with Crippen LogP contribution in [-0.4, -0.2) is 0 Å². The SMILES string of the molecule is C=CC1CC=CCC1.C=Cc1ccccc1.